The average Bonchev–Trinajstić information content (AvgIpc) is 2.47. The molecule has 1 aliphatic carbocycles. The number of carboxylic acid groups (broad SMARTS) is 1. The van der Waals surface area contributed by atoms with Gasteiger partial charge in [-0.2, -0.15) is 13.2 Å². The molecule has 0 bridgehead atoms. The fourth-order valence-electron chi connectivity index (χ4n) is 3.15. The van der Waals surface area contributed by atoms with Crippen molar-refractivity contribution in [2.45, 2.75) is 57.3 Å². The van der Waals surface area contributed by atoms with Crippen molar-refractivity contribution in [2.75, 3.05) is 0 Å². The summed E-state index contributed by atoms with van der Waals surface area (Å²) in [5, 5.41) is 12.4. The fraction of sp³-hybridized carbons (Fsp3) is 0.588. The lowest BCUT2D eigenvalue weighted by Gasteiger charge is -2.29. The van der Waals surface area contributed by atoms with Crippen molar-refractivity contribution in [3.8, 4) is 0 Å². The number of carbonyl (C=O) groups is 1. The minimum absolute atomic E-state index is 0.137. The van der Waals surface area contributed by atoms with Crippen LogP contribution in [0.3, 0.4) is 0 Å². The summed E-state index contributed by atoms with van der Waals surface area (Å²) in [6, 6.07) is 5.68. The van der Waals surface area contributed by atoms with Gasteiger partial charge < -0.3 is 10.4 Å². The maximum absolute atomic E-state index is 12.5. The van der Waals surface area contributed by atoms with E-state index in [2.05, 4.69) is 5.32 Å². The number of aliphatic carboxylic acids is 1. The monoisotopic (exact) mass is 329 g/mol. The van der Waals surface area contributed by atoms with Gasteiger partial charge in [-0.25, -0.2) is 0 Å². The van der Waals surface area contributed by atoms with Crippen LogP contribution in [-0.4, -0.2) is 23.2 Å². The first-order valence-electron chi connectivity index (χ1n) is 7.90. The van der Waals surface area contributed by atoms with E-state index in [1.807, 2.05) is 6.92 Å². The van der Waals surface area contributed by atoms with E-state index in [9.17, 15) is 18.0 Å². The Bertz CT molecular complexity index is 520. The molecule has 2 rings (SSSR count). The summed E-state index contributed by atoms with van der Waals surface area (Å²) >= 11 is 0. The van der Waals surface area contributed by atoms with Crippen molar-refractivity contribution in [2.24, 2.45) is 5.92 Å². The minimum atomic E-state index is -4.30. The molecule has 23 heavy (non-hydrogen) atoms. The van der Waals surface area contributed by atoms with Crippen LogP contribution < -0.4 is 5.32 Å². The highest BCUT2D eigenvalue weighted by Crippen LogP contribution is 2.29. The Balaban J connectivity index is 1.81. The summed E-state index contributed by atoms with van der Waals surface area (Å²) in [6.45, 7) is 2.00. The van der Waals surface area contributed by atoms with Gasteiger partial charge in [0.15, 0.2) is 0 Å². The third-order valence-electron chi connectivity index (χ3n) is 4.42. The Morgan fingerprint density at radius 3 is 2.26 bits per heavy atom. The summed E-state index contributed by atoms with van der Waals surface area (Å²) in [5.74, 6) is -0.959. The topological polar surface area (TPSA) is 49.3 Å². The summed E-state index contributed by atoms with van der Waals surface area (Å²) < 4.78 is 37.6. The van der Waals surface area contributed by atoms with Crippen molar-refractivity contribution in [1.29, 1.82) is 0 Å². The van der Waals surface area contributed by atoms with Crippen molar-refractivity contribution in [3.05, 3.63) is 35.4 Å². The van der Waals surface area contributed by atoms with Crippen LogP contribution in [0.15, 0.2) is 24.3 Å². The zero-order valence-electron chi connectivity index (χ0n) is 13.1. The average molecular weight is 329 g/mol. The predicted octanol–water partition coefficient (Wildman–Crippen LogP) is 3.87. The van der Waals surface area contributed by atoms with Crippen molar-refractivity contribution >= 4 is 5.97 Å². The van der Waals surface area contributed by atoms with Crippen LogP contribution in [-0.2, 0) is 17.4 Å². The summed E-state index contributed by atoms with van der Waals surface area (Å²) in [4.78, 5) is 10.9. The molecule has 0 aliphatic heterocycles. The van der Waals surface area contributed by atoms with Crippen LogP contribution in [0.5, 0.6) is 0 Å². The van der Waals surface area contributed by atoms with Crippen molar-refractivity contribution in [1.82, 2.24) is 5.32 Å². The Labute approximate surface area is 133 Å². The molecule has 0 radical (unpaired) electrons. The number of carboxylic acids is 1. The van der Waals surface area contributed by atoms with Gasteiger partial charge in [0.1, 0.15) is 0 Å². The predicted molar refractivity (Wildman–Crippen MR) is 81.1 cm³/mol. The van der Waals surface area contributed by atoms with Crippen LogP contribution in [0, 0.1) is 5.92 Å². The fourth-order valence-corrected chi connectivity index (χ4v) is 3.15. The van der Waals surface area contributed by atoms with Gasteiger partial charge in [0.05, 0.1) is 11.5 Å². The summed E-state index contributed by atoms with van der Waals surface area (Å²) in [7, 11) is 0. The highest BCUT2D eigenvalue weighted by atomic mass is 19.4. The molecule has 1 unspecified atom stereocenters. The normalized spacial score (nSPS) is 23.5. The summed E-state index contributed by atoms with van der Waals surface area (Å²) in [6.07, 6.45) is -0.634. The maximum atomic E-state index is 12.5. The van der Waals surface area contributed by atoms with Crippen LogP contribution >= 0.6 is 0 Å². The lowest BCUT2D eigenvalue weighted by Crippen LogP contribution is -2.40. The van der Waals surface area contributed by atoms with Gasteiger partial charge >= 0.3 is 12.1 Å². The SMILES string of the molecule is CC(Cc1ccc(C(F)(F)F)cc1)NC1CCC(C(=O)O)CC1. The van der Waals surface area contributed by atoms with E-state index < -0.39 is 17.7 Å². The second kappa shape index (κ2) is 7.34. The number of hydrogen-bond acceptors (Lipinski definition) is 2. The third kappa shape index (κ3) is 5.23. The van der Waals surface area contributed by atoms with E-state index in [-0.39, 0.29) is 18.0 Å². The van der Waals surface area contributed by atoms with Crippen LogP contribution in [0.25, 0.3) is 0 Å². The molecule has 0 aromatic heterocycles. The molecule has 6 heteroatoms. The molecule has 1 aliphatic rings. The van der Waals surface area contributed by atoms with E-state index in [1.54, 1.807) is 0 Å². The molecule has 3 nitrogen and oxygen atoms in total. The van der Waals surface area contributed by atoms with E-state index in [0.717, 1.165) is 30.5 Å². The highest BCUT2D eigenvalue weighted by molar-refractivity contribution is 5.70. The molecule has 1 fully saturated rings. The second-order valence-electron chi connectivity index (χ2n) is 6.35. The Hall–Kier alpha value is -1.56. The smallest absolute Gasteiger partial charge is 0.416 e. The van der Waals surface area contributed by atoms with E-state index >= 15 is 0 Å². The molecule has 1 aromatic rings. The van der Waals surface area contributed by atoms with Crippen molar-refractivity contribution in [3.63, 3.8) is 0 Å². The molecular formula is C17H22F3NO2. The number of benzene rings is 1. The van der Waals surface area contributed by atoms with Gasteiger partial charge in [-0.15, -0.1) is 0 Å². The highest BCUT2D eigenvalue weighted by Gasteiger charge is 2.30. The van der Waals surface area contributed by atoms with Gasteiger partial charge in [0.25, 0.3) is 0 Å². The second-order valence-corrected chi connectivity index (χ2v) is 6.35. The lowest BCUT2D eigenvalue weighted by atomic mass is 9.85. The first kappa shape index (κ1) is 17.8. The molecule has 128 valence electrons. The van der Waals surface area contributed by atoms with Gasteiger partial charge in [-0.05, 0) is 56.7 Å². The molecule has 0 spiro atoms. The van der Waals surface area contributed by atoms with Gasteiger partial charge in [0.2, 0.25) is 0 Å². The molecule has 1 saturated carbocycles. The number of alkyl halides is 3. The first-order chi connectivity index (χ1) is 10.8. The molecule has 2 N–H and O–H groups in total. The van der Waals surface area contributed by atoms with Crippen LogP contribution in [0.4, 0.5) is 13.2 Å². The van der Waals surface area contributed by atoms with E-state index in [0.29, 0.717) is 19.3 Å². The number of halogens is 3. The van der Waals surface area contributed by atoms with Crippen LogP contribution in [0.1, 0.15) is 43.7 Å². The molecule has 0 amide bonds. The minimum Gasteiger partial charge on any atom is -0.481 e. The van der Waals surface area contributed by atoms with Gasteiger partial charge in [0, 0.05) is 12.1 Å². The Morgan fingerprint density at radius 1 is 1.22 bits per heavy atom. The molecule has 1 atom stereocenters. The first-order valence-corrected chi connectivity index (χ1v) is 7.90. The van der Waals surface area contributed by atoms with Gasteiger partial charge in [-0.3, -0.25) is 4.79 Å². The Kier molecular flexibility index (Phi) is 5.68. The maximum Gasteiger partial charge on any atom is 0.416 e. The van der Waals surface area contributed by atoms with E-state index in [1.165, 1.54) is 12.1 Å². The number of rotatable bonds is 5. The molecule has 0 saturated heterocycles. The zero-order chi connectivity index (χ0) is 17.0. The lowest BCUT2D eigenvalue weighted by molar-refractivity contribution is -0.143. The molecule has 1 aromatic carbocycles. The van der Waals surface area contributed by atoms with Crippen molar-refractivity contribution < 1.29 is 23.1 Å². The van der Waals surface area contributed by atoms with E-state index in [4.69, 9.17) is 5.11 Å². The number of hydrogen-bond donors (Lipinski definition) is 2. The molecule has 0 heterocycles. The Morgan fingerprint density at radius 2 is 1.78 bits per heavy atom. The quantitative estimate of drug-likeness (QED) is 0.862. The number of nitrogens with one attached hydrogen (secondary N) is 1. The summed E-state index contributed by atoms with van der Waals surface area (Å²) in [5.41, 5.74) is 0.228. The largest absolute Gasteiger partial charge is 0.481 e. The van der Waals surface area contributed by atoms with Gasteiger partial charge in [-0.1, -0.05) is 12.1 Å². The standard InChI is InChI=1S/C17H22F3NO2/c1-11(21-15-8-4-13(5-9-15)16(22)23)10-12-2-6-14(7-3-12)17(18,19)20/h2-3,6-7,11,13,15,21H,4-5,8-10H2,1H3,(H,22,23). The van der Waals surface area contributed by atoms with Crippen LogP contribution in [0.2, 0.25) is 0 Å². The molecular weight excluding hydrogens is 307 g/mol. The third-order valence-corrected chi connectivity index (χ3v) is 4.42. The zero-order valence-corrected chi connectivity index (χ0v) is 13.1.